The highest BCUT2D eigenvalue weighted by Gasteiger charge is 2.05. The van der Waals surface area contributed by atoms with E-state index in [1.807, 2.05) is 25.1 Å². The summed E-state index contributed by atoms with van der Waals surface area (Å²) in [4.78, 5) is 1.20. The number of rotatable bonds is 3. The van der Waals surface area contributed by atoms with Crippen LogP contribution in [0.15, 0.2) is 39.8 Å². The zero-order valence-corrected chi connectivity index (χ0v) is 10.3. The second-order valence-corrected chi connectivity index (χ2v) is 4.78. The van der Waals surface area contributed by atoms with Crippen LogP contribution >= 0.6 is 11.8 Å². The number of anilines is 1. The Morgan fingerprint density at radius 2 is 2.06 bits per heavy atom. The van der Waals surface area contributed by atoms with Crippen molar-refractivity contribution in [2.75, 3.05) is 5.73 Å². The Bertz CT molecular complexity index is 490. The molecule has 0 spiro atoms. The van der Waals surface area contributed by atoms with Crippen molar-refractivity contribution in [3.8, 4) is 0 Å². The standard InChI is InChI=1S/C13H15NOS/c1-9-11(4-3-5-12(9)14)8-16-13-6-7-15-10(13)2/h3-7H,8,14H2,1-2H3. The molecule has 0 radical (unpaired) electrons. The SMILES string of the molecule is Cc1occc1SCc1cccc(N)c1C. The average molecular weight is 233 g/mol. The zero-order chi connectivity index (χ0) is 11.5. The lowest BCUT2D eigenvalue weighted by Crippen LogP contribution is -1.93. The maximum Gasteiger partial charge on any atom is 0.114 e. The minimum Gasteiger partial charge on any atom is -0.468 e. The molecule has 2 N–H and O–H groups in total. The Hall–Kier alpha value is -1.35. The number of nitrogens with two attached hydrogens (primary N) is 1. The predicted octanol–water partition coefficient (Wildman–Crippen LogP) is 3.77. The lowest BCUT2D eigenvalue weighted by atomic mass is 10.1. The number of hydrogen-bond donors (Lipinski definition) is 1. The van der Waals surface area contributed by atoms with Gasteiger partial charge in [-0.25, -0.2) is 0 Å². The minimum atomic E-state index is 0.863. The van der Waals surface area contributed by atoms with Crippen molar-refractivity contribution in [1.29, 1.82) is 0 Å². The van der Waals surface area contributed by atoms with E-state index in [0.29, 0.717) is 0 Å². The molecule has 3 heteroatoms. The smallest absolute Gasteiger partial charge is 0.114 e. The van der Waals surface area contributed by atoms with Crippen LogP contribution in [0.4, 0.5) is 5.69 Å². The molecule has 1 aromatic carbocycles. The maximum absolute atomic E-state index is 5.87. The molecule has 16 heavy (non-hydrogen) atoms. The first-order chi connectivity index (χ1) is 7.68. The van der Waals surface area contributed by atoms with E-state index in [9.17, 15) is 0 Å². The summed E-state index contributed by atoms with van der Waals surface area (Å²) in [5.41, 5.74) is 9.19. The second-order valence-electron chi connectivity index (χ2n) is 3.76. The van der Waals surface area contributed by atoms with Crippen LogP contribution in [-0.2, 0) is 5.75 Å². The summed E-state index contributed by atoms with van der Waals surface area (Å²) in [7, 11) is 0. The lowest BCUT2D eigenvalue weighted by Gasteiger charge is -2.07. The van der Waals surface area contributed by atoms with Crippen LogP contribution in [0.3, 0.4) is 0 Å². The molecule has 84 valence electrons. The van der Waals surface area contributed by atoms with Gasteiger partial charge in [-0.2, -0.15) is 0 Å². The third-order valence-electron chi connectivity index (χ3n) is 2.68. The van der Waals surface area contributed by atoms with Crippen LogP contribution in [0.1, 0.15) is 16.9 Å². The molecule has 0 aliphatic rings. The molecule has 0 aliphatic carbocycles. The predicted molar refractivity (Wildman–Crippen MR) is 68.6 cm³/mol. The minimum absolute atomic E-state index is 0.863. The van der Waals surface area contributed by atoms with Gasteiger partial charge in [0.1, 0.15) is 5.76 Å². The summed E-state index contributed by atoms with van der Waals surface area (Å²) in [6, 6.07) is 8.06. The summed E-state index contributed by atoms with van der Waals surface area (Å²) in [6.07, 6.45) is 1.73. The molecular weight excluding hydrogens is 218 g/mol. The number of aryl methyl sites for hydroxylation is 1. The van der Waals surface area contributed by atoms with E-state index in [1.165, 1.54) is 16.0 Å². The molecule has 0 amide bonds. The fourth-order valence-electron chi connectivity index (χ4n) is 1.54. The van der Waals surface area contributed by atoms with Crippen molar-refractivity contribution in [2.24, 2.45) is 0 Å². The summed E-state index contributed by atoms with van der Waals surface area (Å²) in [5, 5.41) is 0. The van der Waals surface area contributed by atoms with E-state index in [4.69, 9.17) is 10.2 Å². The van der Waals surface area contributed by atoms with Gasteiger partial charge in [-0.15, -0.1) is 11.8 Å². The topological polar surface area (TPSA) is 39.2 Å². The van der Waals surface area contributed by atoms with Gasteiger partial charge in [0.05, 0.1) is 6.26 Å². The zero-order valence-electron chi connectivity index (χ0n) is 9.49. The van der Waals surface area contributed by atoms with Crippen molar-refractivity contribution in [3.63, 3.8) is 0 Å². The highest BCUT2D eigenvalue weighted by Crippen LogP contribution is 2.28. The van der Waals surface area contributed by atoms with Crippen molar-refractivity contribution >= 4 is 17.4 Å². The third kappa shape index (κ3) is 2.25. The molecule has 2 nitrogen and oxygen atoms in total. The number of nitrogen functional groups attached to an aromatic ring is 1. The Kier molecular flexibility index (Phi) is 3.25. The number of hydrogen-bond acceptors (Lipinski definition) is 3. The molecular formula is C13H15NOS. The van der Waals surface area contributed by atoms with E-state index in [-0.39, 0.29) is 0 Å². The molecule has 0 unspecified atom stereocenters. The van der Waals surface area contributed by atoms with Gasteiger partial charge < -0.3 is 10.2 Å². The first-order valence-corrected chi connectivity index (χ1v) is 6.18. The summed E-state index contributed by atoms with van der Waals surface area (Å²) in [6.45, 7) is 4.04. The molecule has 2 rings (SSSR count). The number of thioether (sulfide) groups is 1. The molecule has 1 heterocycles. The van der Waals surface area contributed by atoms with Gasteiger partial charge in [-0.1, -0.05) is 12.1 Å². The van der Waals surface area contributed by atoms with Crippen molar-refractivity contribution in [2.45, 2.75) is 24.5 Å². The van der Waals surface area contributed by atoms with Crippen LogP contribution in [-0.4, -0.2) is 0 Å². The van der Waals surface area contributed by atoms with Crippen molar-refractivity contribution in [3.05, 3.63) is 47.4 Å². The maximum atomic E-state index is 5.87. The normalized spacial score (nSPS) is 10.6. The highest BCUT2D eigenvalue weighted by atomic mass is 32.2. The number of furan rings is 1. The van der Waals surface area contributed by atoms with Crippen LogP contribution in [0.5, 0.6) is 0 Å². The Morgan fingerprint density at radius 3 is 2.75 bits per heavy atom. The highest BCUT2D eigenvalue weighted by molar-refractivity contribution is 7.98. The van der Waals surface area contributed by atoms with Crippen molar-refractivity contribution < 1.29 is 4.42 Å². The van der Waals surface area contributed by atoms with Crippen LogP contribution < -0.4 is 5.73 Å². The molecule has 0 saturated heterocycles. The Morgan fingerprint density at radius 1 is 1.25 bits per heavy atom. The van der Waals surface area contributed by atoms with Gasteiger partial charge in [-0.05, 0) is 37.1 Å². The largest absolute Gasteiger partial charge is 0.468 e. The fraction of sp³-hybridized carbons (Fsp3) is 0.231. The van der Waals surface area contributed by atoms with E-state index >= 15 is 0 Å². The molecule has 2 aromatic rings. The van der Waals surface area contributed by atoms with E-state index < -0.39 is 0 Å². The Labute approximate surface area is 99.8 Å². The van der Waals surface area contributed by atoms with Gasteiger partial charge in [-0.3, -0.25) is 0 Å². The monoisotopic (exact) mass is 233 g/mol. The van der Waals surface area contributed by atoms with Crippen molar-refractivity contribution in [1.82, 2.24) is 0 Å². The van der Waals surface area contributed by atoms with E-state index in [1.54, 1.807) is 18.0 Å². The van der Waals surface area contributed by atoms with Crippen LogP contribution in [0, 0.1) is 13.8 Å². The van der Waals surface area contributed by atoms with E-state index in [0.717, 1.165) is 17.2 Å². The number of benzene rings is 1. The first-order valence-electron chi connectivity index (χ1n) is 5.19. The van der Waals surface area contributed by atoms with Crippen LogP contribution in [0.25, 0.3) is 0 Å². The lowest BCUT2D eigenvalue weighted by molar-refractivity contribution is 0.527. The quantitative estimate of drug-likeness (QED) is 0.648. The molecule has 0 atom stereocenters. The van der Waals surface area contributed by atoms with Gasteiger partial charge in [0.2, 0.25) is 0 Å². The van der Waals surface area contributed by atoms with Gasteiger partial charge in [0.25, 0.3) is 0 Å². The van der Waals surface area contributed by atoms with E-state index in [2.05, 4.69) is 13.0 Å². The average Bonchev–Trinajstić information content (AvgIpc) is 2.67. The summed E-state index contributed by atoms with van der Waals surface area (Å²) in [5.74, 6) is 1.91. The van der Waals surface area contributed by atoms with Gasteiger partial charge in [0, 0.05) is 16.3 Å². The molecule has 0 bridgehead atoms. The fourth-order valence-corrected chi connectivity index (χ4v) is 2.57. The van der Waals surface area contributed by atoms with Gasteiger partial charge in [0.15, 0.2) is 0 Å². The van der Waals surface area contributed by atoms with Crippen LogP contribution in [0.2, 0.25) is 0 Å². The van der Waals surface area contributed by atoms with Gasteiger partial charge >= 0.3 is 0 Å². The first kappa shape index (κ1) is 11.1. The summed E-state index contributed by atoms with van der Waals surface area (Å²) < 4.78 is 5.26. The molecule has 0 aliphatic heterocycles. The molecule has 0 saturated carbocycles. The molecule has 0 fully saturated rings. The molecule has 1 aromatic heterocycles. The third-order valence-corrected chi connectivity index (χ3v) is 3.87. The second kappa shape index (κ2) is 4.66. The Balaban J connectivity index is 2.11. The summed E-state index contributed by atoms with van der Waals surface area (Å²) >= 11 is 1.78.